The molecular weight excluding hydrogens is 470 g/mol. The molecule has 0 bridgehead atoms. The molecule has 1 N–H and O–H groups in total. The van der Waals surface area contributed by atoms with Crippen molar-refractivity contribution in [1.29, 1.82) is 0 Å². The lowest BCUT2D eigenvalue weighted by atomic mass is 9.98. The van der Waals surface area contributed by atoms with Gasteiger partial charge in [0.2, 0.25) is 10.0 Å². The van der Waals surface area contributed by atoms with E-state index in [1.165, 1.54) is 45.5 Å². The first kappa shape index (κ1) is 22.8. The molecule has 2 amide bonds. The number of nitrogens with zero attached hydrogens (tertiary/aromatic N) is 2. The minimum absolute atomic E-state index is 0.0269. The Balaban J connectivity index is 1.27. The van der Waals surface area contributed by atoms with Crippen molar-refractivity contribution in [2.24, 2.45) is 0 Å². The normalized spacial score (nSPS) is 16.3. The van der Waals surface area contributed by atoms with Crippen LogP contribution in [0.5, 0.6) is 0 Å². The number of hydrogen-bond donors (Lipinski definition) is 1. The average molecular weight is 496 g/mol. The predicted octanol–water partition coefficient (Wildman–Crippen LogP) is 3.98. The predicted molar refractivity (Wildman–Crippen MR) is 132 cm³/mol. The number of hydrogen-bond acceptors (Lipinski definition) is 5. The number of thiophene rings is 1. The van der Waals surface area contributed by atoms with Crippen LogP contribution in [0.1, 0.15) is 44.0 Å². The van der Waals surface area contributed by atoms with Crippen LogP contribution in [0, 0.1) is 0 Å². The Morgan fingerprint density at radius 3 is 2.38 bits per heavy atom. The largest absolute Gasteiger partial charge is 0.333 e. The average Bonchev–Trinajstić information content (AvgIpc) is 3.58. The van der Waals surface area contributed by atoms with Gasteiger partial charge in [-0.1, -0.05) is 12.1 Å². The minimum Gasteiger partial charge on any atom is -0.333 e. The zero-order chi connectivity index (χ0) is 23.7. The van der Waals surface area contributed by atoms with Gasteiger partial charge in [0.05, 0.1) is 9.77 Å². The summed E-state index contributed by atoms with van der Waals surface area (Å²) in [5, 5.41) is 4.79. The Kier molecular flexibility index (Phi) is 6.24. The summed E-state index contributed by atoms with van der Waals surface area (Å²) in [6, 6.07) is 15.5. The second-order valence-electron chi connectivity index (χ2n) is 8.53. The van der Waals surface area contributed by atoms with Gasteiger partial charge in [-0.15, -0.1) is 11.3 Å². The maximum absolute atomic E-state index is 12.8. The van der Waals surface area contributed by atoms with Gasteiger partial charge in [0.15, 0.2) is 0 Å². The Hall–Kier alpha value is -3.01. The fourth-order valence-corrected chi connectivity index (χ4v) is 6.63. The van der Waals surface area contributed by atoms with E-state index in [0.717, 1.165) is 29.7 Å². The fraction of sp³-hybridized carbons (Fsp3) is 0.280. The van der Waals surface area contributed by atoms with Crippen molar-refractivity contribution in [2.45, 2.75) is 30.7 Å². The maximum atomic E-state index is 12.8. The number of amides is 2. The molecule has 5 rings (SSSR count). The summed E-state index contributed by atoms with van der Waals surface area (Å²) < 4.78 is 26.9. The SMILES string of the molecule is O=C(Nc1ccc2c(c1)CN(C(=O)c1cccs1)CC2)c1ccc(S(=O)(=O)N2CCCC2)cc1. The molecule has 0 saturated carbocycles. The van der Waals surface area contributed by atoms with Crippen molar-refractivity contribution >= 4 is 38.9 Å². The topological polar surface area (TPSA) is 86.8 Å². The van der Waals surface area contributed by atoms with E-state index in [1.54, 1.807) is 0 Å². The lowest BCUT2D eigenvalue weighted by Crippen LogP contribution is -2.35. The van der Waals surface area contributed by atoms with Gasteiger partial charge in [-0.3, -0.25) is 9.59 Å². The molecule has 3 heterocycles. The summed E-state index contributed by atoms with van der Waals surface area (Å²) in [4.78, 5) is 28.3. The number of carbonyl (C=O) groups excluding carboxylic acids is 2. The third-order valence-electron chi connectivity index (χ3n) is 6.31. The molecule has 2 aliphatic rings. The number of sulfonamides is 1. The minimum atomic E-state index is -3.51. The summed E-state index contributed by atoms with van der Waals surface area (Å²) in [5.41, 5.74) is 3.21. The van der Waals surface area contributed by atoms with Crippen LogP contribution in [0.15, 0.2) is 64.9 Å². The van der Waals surface area contributed by atoms with Crippen LogP contribution in [0.4, 0.5) is 5.69 Å². The van der Waals surface area contributed by atoms with E-state index in [0.29, 0.717) is 37.4 Å². The number of carbonyl (C=O) groups is 2. The molecule has 0 unspecified atom stereocenters. The Morgan fingerprint density at radius 2 is 1.68 bits per heavy atom. The van der Waals surface area contributed by atoms with Crippen LogP contribution < -0.4 is 5.32 Å². The van der Waals surface area contributed by atoms with Crippen LogP contribution in [-0.2, 0) is 23.0 Å². The molecule has 2 aromatic carbocycles. The fourth-order valence-electron chi connectivity index (χ4n) is 4.42. The summed E-state index contributed by atoms with van der Waals surface area (Å²) in [7, 11) is -3.51. The van der Waals surface area contributed by atoms with Gasteiger partial charge in [0.1, 0.15) is 0 Å². The lowest BCUT2D eigenvalue weighted by Gasteiger charge is -2.29. The monoisotopic (exact) mass is 495 g/mol. The highest BCUT2D eigenvalue weighted by atomic mass is 32.2. The zero-order valence-electron chi connectivity index (χ0n) is 18.6. The van der Waals surface area contributed by atoms with Gasteiger partial charge in [0, 0.05) is 37.4 Å². The van der Waals surface area contributed by atoms with Crippen molar-refractivity contribution in [1.82, 2.24) is 9.21 Å². The second kappa shape index (κ2) is 9.32. The van der Waals surface area contributed by atoms with E-state index >= 15 is 0 Å². The van der Waals surface area contributed by atoms with Crippen molar-refractivity contribution in [3.63, 3.8) is 0 Å². The van der Waals surface area contributed by atoms with Crippen molar-refractivity contribution in [3.8, 4) is 0 Å². The zero-order valence-corrected chi connectivity index (χ0v) is 20.2. The van der Waals surface area contributed by atoms with Crippen molar-refractivity contribution in [2.75, 3.05) is 25.0 Å². The highest BCUT2D eigenvalue weighted by Crippen LogP contribution is 2.26. The number of rotatable bonds is 5. The highest BCUT2D eigenvalue weighted by molar-refractivity contribution is 7.89. The molecule has 0 atom stereocenters. The van der Waals surface area contributed by atoms with Gasteiger partial charge in [0.25, 0.3) is 11.8 Å². The summed E-state index contributed by atoms with van der Waals surface area (Å²) in [6.45, 7) is 2.25. The summed E-state index contributed by atoms with van der Waals surface area (Å²) in [6.07, 6.45) is 2.52. The molecule has 3 aromatic rings. The number of fused-ring (bicyclic) bond motifs is 1. The molecule has 7 nitrogen and oxygen atoms in total. The van der Waals surface area contributed by atoms with E-state index < -0.39 is 10.0 Å². The third kappa shape index (κ3) is 4.51. The molecule has 1 fully saturated rings. The van der Waals surface area contributed by atoms with Crippen LogP contribution in [0.3, 0.4) is 0 Å². The molecule has 2 aliphatic heterocycles. The standard InChI is InChI=1S/C25H25N3O4S2/c29-24(19-6-9-22(10-7-19)34(31,32)28-12-1-2-13-28)26-21-8-5-18-11-14-27(17-20(18)16-21)25(30)23-4-3-15-33-23/h3-10,15-16H,1-2,11-14,17H2,(H,26,29). The number of nitrogens with one attached hydrogen (secondary N) is 1. The Labute approximate surface area is 203 Å². The van der Waals surface area contributed by atoms with Crippen molar-refractivity contribution in [3.05, 3.63) is 81.5 Å². The summed E-state index contributed by atoms with van der Waals surface area (Å²) >= 11 is 1.44. The van der Waals surface area contributed by atoms with E-state index in [-0.39, 0.29) is 16.7 Å². The van der Waals surface area contributed by atoms with Gasteiger partial charge in [-0.25, -0.2) is 8.42 Å². The third-order valence-corrected chi connectivity index (χ3v) is 9.09. The number of benzene rings is 2. The van der Waals surface area contributed by atoms with E-state index in [2.05, 4.69) is 5.32 Å². The number of anilines is 1. The quantitative estimate of drug-likeness (QED) is 0.580. The van der Waals surface area contributed by atoms with Crippen LogP contribution in [-0.4, -0.2) is 49.1 Å². The first-order valence-electron chi connectivity index (χ1n) is 11.3. The molecule has 0 radical (unpaired) electrons. The molecule has 0 aliphatic carbocycles. The van der Waals surface area contributed by atoms with Gasteiger partial charge in [-0.2, -0.15) is 4.31 Å². The first-order valence-corrected chi connectivity index (χ1v) is 13.6. The molecule has 34 heavy (non-hydrogen) atoms. The molecule has 176 valence electrons. The van der Waals surface area contributed by atoms with Crippen LogP contribution in [0.2, 0.25) is 0 Å². The van der Waals surface area contributed by atoms with Crippen LogP contribution >= 0.6 is 11.3 Å². The first-order chi connectivity index (χ1) is 16.4. The molecule has 1 saturated heterocycles. The smallest absolute Gasteiger partial charge is 0.264 e. The summed E-state index contributed by atoms with van der Waals surface area (Å²) in [5.74, 6) is -0.286. The lowest BCUT2D eigenvalue weighted by molar-refractivity contribution is 0.0739. The van der Waals surface area contributed by atoms with E-state index in [1.807, 2.05) is 40.6 Å². The van der Waals surface area contributed by atoms with E-state index in [9.17, 15) is 18.0 Å². The van der Waals surface area contributed by atoms with Crippen molar-refractivity contribution < 1.29 is 18.0 Å². The van der Waals surface area contributed by atoms with Crippen LogP contribution in [0.25, 0.3) is 0 Å². The second-order valence-corrected chi connectivity index (χ2v) is 11.4. The maximum Gasteiger partial charge on any atom is 0.264 e. The Bertz CT molecular complexity index is 1310. The molecular formula is C25H25N3O4S2. The van der Waals surface area contributed by atoms with Gasteiger partial charge < -0.3 is 10.2 Å². The Morgan fingerprint density at radius 1 is 0.912 bits per heavy atom. The highest BCUT2D eigenvalue weighted by Gasteiger charge is 2.27. The molecule has 9 heteroatoms. The van der Waals surface area contributed by atoms with Gasteiger partial charge in [-0.05, 0) is 78.2 Å². The molecule has 1 aromatic heterocycles. The van der Waals surface area contributed by atoms with Gasteiger partial charge >= 0.3 is 0 Å². The van der Waals surface area contributed by atoms with E-state index in [4.69, 9.17) is 0 Å². The molecule has 0 spiro atoms.